The van der Waals surface area contributed by atoms with Crippen LogP contribution in [0.3, 0.4) is 0 Å². The van der Waals surface area contributed by atoms with Crippen molar-refractivity contribution in [3.8, 4) is 0 Å². The summed E-state index contributed by atoms with van der Waals surface area (Å²) in [5.41, 5.74) is 3.34. The number of hydrogen-bond acceptors (Lipinski definition) is 5. The van der Waals surface area contributed by atoms with Crippen LogP contribution in [0.25, 0.3) is 0 Å². The monoisotopic (exact) mass is 460 g/mol. The van der Waals surface area contributed by atoms with Crippen LogP contribution < -0.4 is 10.6 Å². The van der Waals surface area contributed by atoms with E-state index < -0.39 is 6.10 Å². The average Bonchev–Trinajstić information content (AvgIpc) is 2.78. The molecule has 1 aromatic rings. The summed E-state index contributed by atoms with van der Waals surface area (Å²) in [6.45, 7) is 2.32. The van der Waals surface area contributed by atoms with Gasteiger partial charge in [-0.25, -0.2) is 4.39 Å². The number of rotatable bonds is 9. The number of dihydropyridines is 1. The Balaban J connectivity index is 1.42. The Morgan fingerprint density at radius 1 is 1.34 bits per heavy atom. The molecule has 6 nitrogen and oxygen atoms in total. The van der Waals surface area contributed by atoms with Crippen LogP contribution in [-0.2, 0) is 6.42 Å². The van der Waals surface area contributed by atoms with E-state index in [0.717, 1.165) is 23.1 Å². The summed E-state index contributed by atoms with van der Waals surface area (Å²) in [7, 11) is 3.59. The number of nitrogens with zero attached hydrogens (tertiary/aromatic N) is 2. The lowest BCUT2D eigenvalue weighted by Gasteiger charge is -2.26. The van der Waals surface area contributed by atoms with Crippen molar-refractivity contribution in [1.82, 2.24) is 20.4 Å². The largest absolute Gasteiger partial charge is 0.387 e. The molecule has 0 bridgehead atoms. The fourth-order valence-corrected chi connectivity index (χ4v) is 3.69. The number of carbonyl (C=O) groups is 1. The molecule has 8 heteroatoms. The second kappa shape index (κ2) is 11.3. The highest BCUT2D eigenvalue weighted by Crippen LogP contribution is 2.18. The normalized spacial score (nSPS) is 17.0. The third-order valence-electron chi connectivity index (χ3n) is 5.44. The molecule has 172 valence electrons. The van der Waals surface area contributed by atoms with E-state index in [1.165, 1.54) is 6.08 Å². The van der Waals surface area contributed by atoms with Crippen molar-refractivity contribution in [1.29, 1.82) is 0 Å². The Hall–Kier alpha value is -2.61. The van der Waals surface area contributed by atoms with Gasteiger partial charge in [0.2, 0.25) is 0 Å². The Bertz CT molecular complexity index is 940. The van der Waals surface area contributed by atoms with Gasteiger partial charge in [-0.2, -0.15) is 0 Å². The van der Waals surface area contributed by atoms with Crippen molar-refractivity contribution >= 4 is 17.5 Å². The van der Waals surface area contributed by atoms with Crippen LogP contribution in [0.1, 0.15) is 15.9 Å². The van der Waals surface area contributed by atoms with Crippen molar-refractivity contribution in [3.63, 3.8) is 0 Å². The van der Waals surface area contributed by atoms with E-state index in [-0.39, 0.29) is 18.3 Å². The van der Waals surface area contributed by atoms with Crippen molar-refractivity contribution in [2.45, 2.75) is 12.5 Å². The Kier molecular flexibility index (Phi) is 8.50. The van der Waals surface area contributed by atoms with E-state index in [1.807, 2.05) is 42.3 Å². The minimum absolute atomic E-state index is 0.113. The highest BCUT2D eigenvalue weighted by molar-refractivity contribution is 6.29. The number of benzene rings is 1. The maximum absolute atomic E-state index is 13.4. The molecular weight excluding hydrogens is 431 g/mol. The number of aliphatic hydroxyl groups excluding tert-OH is 1. The van der Waals surface area contributed by atoms with Crippen molar-refractivity contribution in [2.24, 2.45) is 0 Å². The third kappa shape index (κ3) is 6.69. The zero-order chi connectivity index (χ0) is 23.1. The molecule has 1 amide bonds. The molecule has 0 radical (unpaired) electrons. The van der Waals surface area contributed by atoms with E-state index in [0.29, 0.717) is 36.9 Å². The van der Waals surface area contributed by atoms with E-state index in [1.54, 1.807) is 24.2 Å². The Morgan fingerprint density at radius 2 is 2.09 bits per heavy atom. The van der Waals surface area contributed by atoms with E-state index in [2.05, 4.69) is 10.6 Å². The van der Waals surface area contributed by atoms with Crippen molar-refractivity contribution in [2.75, 3.05) is 46.8 Å². The summed E-state index contributed by atoms with van der Waals surface area (Å²) in [6, 6.07) is 7.49. The number of likely N-dealkylation sites (N-methyl/N-ethyl adjacent to an activating group) is 2. The lowest BCUT2D eigenvalue weighted by atomic mass is 10.1. The summed E-state index contributed by atoms with van der Waals surface area (Å²) in [6.07, 6.45) is 7.07. The first kappa shape index (κ1) is 24.0. The number of aliphatic hydroxyl groups is 1. The van der Waals surface area contributed by atoms with Crippen LogP contribution in [0, 0.1) is 0 Å². The highest BCUT2D eigenvalue weighted by Gasteiger charge is 2.17. The average molecular weight is 461 g/mol. The van der Waals surface area contributed by atoms with Gasteiger partial charge in [0.1, 0.15) is 11.0 Å². The van der Waals surface area contributed by atoms with E-state index in [9.17, 15) is 14.3 Å². The summed E-state index contributed by atoms with van der Waals surface area (Å²) in [4.78, 5) is 16.1. The van der Waals surface area contributed by atoms with E-state index in [4.69, 9.17) is 11.6 Å². The smallest absolute Gasteiger partial charge is 0.253 e. The highest BCUT2D eigenvalue weighted by atomic mass is 35.5. The number of amides is 1. The minimum atomic E-state index is -0.563. The van der Waals surface area contributed by atoms with Gasteiger partial charge in [-0.1, -0.05) is 29.8 Å². The van der Waals surface area contributed by atoms with E-state index >= 15 is 0 Å². The van der Waals surface area contributed by atoms with Gasteiger partial charge in [-0.3, -0.25) is 4.79 Å². The minimum Gasteiger partial charge on any atom is -0.387 e. The molecule has 0 saturated heterocycles. The van der Waals surface area contributed by atoms with Gasteiger partial charge in [-0.15, -0.1) is 0 Å². The molecule has 0 aromatic heterocycles. The van der Waals surface area contributed by atoms with Crippen LogP contribution in [0.2, 0.25) is 0 Å². The molecule has 32 heavy (non-hydrogen) atoms. The van der Waals surface area contributed by atoms with Crippen molar-refractivity contribution in [3.05, 3.63) is 81.9 Å². The summed E-state index contributed by atoms with van der Waals surface area (Å²) < 4.78 is 13.4. The predicted octanol–water partition coefficient (Wildman–Crippen LogP) is 2.54. The maximum Gasteiger partial charge on any atom is 0.253 e. The number of carbonyl (C=O) groups excluding carboxylic acids is 1. The quantitative estimate of drug-likeness (QED) is 0.390. The van der Waals surface area contributed by atoms with Gasteiger partial charge < -0.3 is 25.5 Å². The molecule has 2 aliphatic heterocycles. The second-order valence-electron chi connectivity index (χ2n) is 8.11. The third-order valence-corrected chi connectivity index (χ3v) is 5.86. The first-order valence-electron chi connectivity index (χ1n) is 10.6. The van der Waals surface area contributed by atoms with Gasteiger partial charge in [-0.05, 0) is 54.0 Å². The van der Waals surface area contributed by atoms with Crippen LogP contribution in [0.15, 0.2) is 70.8 Å². The van der Waals surface area contributed by atoms with Gasteiger partial charge in [0, 0.05) is 45.5 Å². The molecule has 0 saturated carbocycles. The zero-order valence-corrected chi connectivity index (χ0v) is 19.2. The van der Waals surface area contributed by atoms with Crippen LogP contribution in [0.4, 0.5) is 4.39 Å². The first-order valence-corrected chi connectivity index (χ1v) is 11.0. The molecule has 0 aliphatic carbocycles. The van der Waals surface area contributed by atoms with Crippen LogP contribution in [-0.4, -0.2) is 73.7 Å². The lowest BCUT2D eigenvalue weighted by molar-refractivity contribution is 0.0807. The zero-order valence-electron chi connectivity index (χ0n) is 18.4. The fraction of sp³-hybridized carbons (Fsp3) is 0.375. The Morgan fingerprint density at radius 3 is 2.78 bits per heavy atom. The van der Waals surface area contributed by atoms with Gasteiger partial charge in [0.15, 0.2) is 0 Å². The van der Waals surface area contributed by atoms with Gasteiger partial charge >= 0.3 is 0 Å². The fourth-order valence-electron chi connectivity index (χ4n) is 3.57. The number of hydrogen-bond donors (Lipinski definition) is 3. The topological polar surface area (TPSA) is 67.8 Å². The maximum atomic E-state index is 13.4. The van der Waals surface area contributed by atoms with Crippen molar-refractivity contribution < 1.29 is 14.3 Å². The summed E-state index contributed by atoms with van der Waals surface area (Å²) in [5, 5.41) is 17.1. The second-order valence-corrected chi connectivity index (χ2v) is 8.49. The number of nitrogens with one attached hydrogen (secondary N) is 2. The van der Waals surface area contributed by atoms with Crippen LogP contribution in [0.5, 0.6) is 0 Å². The lowest BCUT2D eigenvalue weighted by Crippen LogP contribution is -2.34. The standard InChI is InChI=1S/C24H30ClFN4O2/c1-29-16-20(7-8-23(29)25)22(31)14-27-10-9-17-3-5-19(6-4-17)24(32)30(2)15-18-11-21(26)13-28-12-18/h3-8,11-12,22,27-28,31H,9-10,13-16H2,1-2H3. The molecule has 0 spiro atoms. The molecule has 3 rings (SSSR count). The molecule has 1 unspecified atom stereocenters. The number of halogens is 2. The van der Waals surface area contributed by atoms with Gasteiger partial charge in [0.25, 0.3) is 5.91 Å². The van der Waals surface area contributed by atoms with Gasteiger partial charge in [0.05, 0.1) is 12.6 Å². The Labute approximate surface area is 193 Å². The molecular formula is C24H30ClFN4O2. The SMILES string of the molecule is CN(CC1=CNCC(F)=C1)C(=O)c1ccc(CCNCC(O)C2=CC=C(Cl)N(C)C2)cc1. The predicted molar refractivity (Wildman–Crippen MR) is 126 cm³/mol. The molecule has 0 fully saturated rings. The molecule has 1 aromatic carbocycles. The summed E-state index contributed by atoms with van der Waals surface area (Å²) in [5.74, 6) is -0.351. The van der Waals surface area contributed by atoms with Crippen LogP contribution >= 0.6 is 11.6 Å². The molecule has 1 atom stereocenters. The summed E-state index contributed by atoms with van der Waals surface area (Å²) >= 11 is 6.03. The number of allylic oxidation sites excluding steroid dienone is 2. The molecule has 2 heterocycles. The molecule has 2 aliphatic rings. The first-order chi connectivity index (χ1) is 15.3. The molecule has 3 N–H and O–H groups in total.